The average Bonchev–Trinajstić information content (AvgIpc) is 2.40. The lowest BCUT2D eigenvalue weighted by molar-refractivity contribution is 0.101. The number of rotatable bonds is 3. The van der Waals surface area contributed by atoms with Gasteiger partial charge >= 0.3 is 0 Å². The summed E-state index contributed by atoms with van der Waals surface area (Å²) >= 11 is 0. The fraction of sp³-hybridized carbons (Fsp3) is 0.467. The molecule has 3 heteroatoms. The van der Waals surface area contributed by atoms with Crippen molar-refractivity contribution in [1.82, 2.24) is 0 Å². The molecule has 2 rings (SSSR count). The fourth-order valence-electron chi connectivity index (χ4n) is 2.56. The summed E-state index contributed by atoms with van der Waals surface area (Å²) in [5.41, 5.74) is 1.82. The maximum absolute atomic E-state index is 11.4. The minimum absolute atomic E-state index is 0.0886. The lowest BCUT2D eigenvalue weighted by Gasteiger charge is -2.36. The smallest absolute Gasteiger partial charge is 0.159 e. The van der Waals surface area contributed by atoms with Crippen molar-refractivity contribution in [1.29, 1.82) is 5.26 Å². The van der Waals surface area contributed by atoms with Gasteiger partial charge in [-0.05, 0) is 38.3 Å². The van der Waals surface area contributed by atoms with Gasteiger partial charge in [0.25, 0.3) is 0 Å². The van der Waals surface area contributed by atoms with Gasteiger partial charge in [-0.3, -0.25) is 4.79 Å². The van der Waals surface area contributed by atoms with E-state index in [1.807, 2.05) is 24.3 Å². The summed E-state index contributed by atoms with van der Waals surface area (Å²) in [5.74, 6) is 0.0886. The molecule has 0 spiro atoms. The van der Waals surface area contributed by atoms with E-state index >= 15 is 0 Å². The molecule has 1 fully saturated rings. The molecule has 1 heterocycles. The number of piperidine rings is 1. The molecule has 18 heavy (non-hydrogen) atoms. The zero-order chi connectivity index (χ0) is 13.0. The number of nitriles is 1. The first-order valence-electron chi connectivity index (χ1n) is 6.47. The van der Waals surface area contributed by atoms with Gasteiger partial charge in [-0.25, -0.2) is 0 Å². The summed E-state index contributed by atoms with van der Waals surface area (Å²) in [4.78, 5) is 13.7. The molecule has 0 N–H and O–H groups in total. The van der Waals surface area contributed by atoms with Crippen LogP contribution in [0.4, 0.5) is 5.69 Å². The normalized spacial score (nSPS) is 19.3. The molecule has 0 radical (unpaired) electrons. The first kappa shape index (κ1) is 12.6. The third-order valence-electron chi connectivity index (χ3n) is 3.54. The molecular weight excluding hydrogens is 224 g/mol. The number of carbonyl (C=O) groups is 1. The molecule has 3 nitrogen and oxygen atoms in total. The molecule has 1 unspecified atom stereocenters. The van der Waals surface area contributed by atoms with Crippen LogP contribution in [0.3, 0.4) is 0 Å². The Morgan fingerprint density at radius 3 is 3.06 bits per heavy atom. The van der Waals surface area contributed by atoms with Gasteiger partial charge in [-0.2, -0.15) is 5.26 Å². The molecule has 0 aromatic heterocycles. The van der Waals surface area contributed by atoms with Crippen LogP contribution in [-0.4, -0.2) is 18.4 Å². The van der Waals surface area contributed by atoms with Crippen molar-refractivity contribution in [2.45, 2.75) is 38.6 Å². The van der Waals surface area contributed by atoms with E-state index in [4.69, 9.17) is 5.26 Å². The van der Waals surface area contributed by atoms with Crippen molar-refractivity contribution in [2.24, 2.45) is 0 Å². The maximum atomic E-state index is 11.4. The number of hydrogen-bond acceptors (Lipinski definition) is 3. The van der Waals surface area contributed by atoms with Crippen LogP contribution in [0.1, 0.15) is 43.0 Å². The number of nitrogens with zero attached hydrogens (tertiary/aromatic N) is 2. The van der Waals surface area contributed by atoms with Gasteiger partial charge in [-0.1, -0.05) is 12.1 Å². The van der Waals surface area contributed by atoms with E-state index in [-0.39, 0.29) is 5.78 Å². The van der Waals surface area contributed by atoms with E-state index in [0.29, 0.717) is 12.5 Å². The maximum Gasteiger partial charge on any atom is 0.159 e. The van der Waals surface area contributed by atoms with Crippen molar-refractivity contribution >= 4 is 11.5 Å². The second kappa shape index (κ2) is 5.68. The number of Topliss-reactive ketones (excluding diaryl/α,β-unsaturated/α-hetero) is 1. The number of benzene rings is 1. The highest BCUT2D eigenvalue weighted by atomic mass is 16.1. The molecule has 1 atom stereocenters. The Balaban J connectivity index is 2.25. The Morgan fingerprint density at radius 1 is 1.50 bits per heavy atom. The number of anilines is 1. The topological polar surface area (TPSA) is 44.1 Å². The average molecular weight is 242 g/mol. The predicted octanol–water partition coefficient (Wildman–Crippen LogP) is 3.16. The number of carbonyl (C=O) groups excluding carboxylic acids is 1. The Labute approximate surface area is 108 Å². The largest absolute Gasteiger partial charge is 0.367 e. The van der Waals surface area contributed by atoms with Crippen LogP contribution in [-0.2, 0) is 0 Å². The van der Waals surface area contributed by atoms with E-state index in [9.17, 15) is 4.79 Å². The summed E-state index contributed by atoms with van der Waals surface area (Å²) in [5, 5.41) is 8.90. The lowest BCUT2D eigenvalue weighted by atomic mass is 9.98. The zero-order valence-electron chi connectivity index (χ0n) is 10.7. The van der Waals surface area contributed by atoms with E-state index in [0.717, 1.165) is 30.6 Å². The van der Waals surface area contributed by atoms with Crippen LogP contribution >= 0.6 is 0 Å². The lowest BCUT2D eigenvalue weighted by Crippen LogP contribution is -2.39. The molecule has 1 aromatic carbocycles. The van der Waals surface area contributed by atoms with Gasteiger partial charge in [0, 0.05) is 23.8 Å². The van der Waals surface area contributed by atoms with Crippen LogP contribution in [0.15, 0.2) is 24.3 Å². The van der Waals surface area contributed by atoms with E-state index < -0.39 is 0 Å². The van der Waals surface area contributed by atoms with Crippen molar-refractivity contribution in [3.63, 3.8) is 0 Å². The van der Waals surface area contributed by atoms with Gasteiger partial charge in [0.1, 0.15) is 0 Å². The van der Waals surface area contributed by atoms with Crippen molar-refractivity contribution in [3.05, 3.63) is 29.8 Å². The van der Waals surface area contributed by atoms with Crippen molar-refractivity contribution in [3.8, 4) is 6.07 Å². The minimum Gasteiger partial charge on any atom is -0.367 e. The van der Waals surface area contributed by atoms with Crippen LogP contribution in [0.25, 0.3) is 0 Å². The van der Waals surface area contributed by atoms with Crippen molar-refractivity contribution in [2.75, 3.05) is 11.4 Å². The molecule has 0 saturated carbocycles. The highest BCUT2D eigenvalue weighted by Crippen LogP contribution is 2.27. The molecule has 0 bridgehead atoms. The Kier molecular flexibility index (Phi) is 3.99. The summed E-state index contributed by atoms with van der Waals surface area (Å²) in [7, 11) is 0. The quantitative estimate of drug-likeness (QED) is 0.765. The first-order chi connectivity index (χ1) is 8.72. The molecular formula is C15H18N2O. The van der Waals surface area contributed by atoms with Gasteiger partial charge in [0.2, 0.25) is 0 Å². The minimum atomic E-state index is 0.0886. The summed E-state index contributed by atoms with van der Waals surface area (Å²) in [6.45, 7) is 2.57. The fourth-order valence-corrected chi connectivity index (χ4v) is 2.56. The van der Waals surface area contributed by atoms with E-state index in [1.165, 1.54) is 6.42 Å². The Morgan fingerprint density at radius 2 is 2.33 bits per heavy atom. The van der Waals surface area contributed by atoms with Crippen molar-refractivity contribution < 1.29 is 4.79 Å². The summed E-state index contributed by atoms with van der Waals surface area (Å²) < 4.78 is 0. The van der Waals surface area contributed by atoms with Crippen LogP contribution in [0.5, 0.6) is 0 Å². The summed E-state index contributed by atoms with van der Waals surface area (Å²) in [6.07, 6.45) is 3.98. The molecule has 1 aliphatic heterocycles. The van der Waals surface area contributed by atoms with Crippen LogP contribution < -0.4 is 4.90 Å². The molecule has 0 aliphatic carbocycles. The van der Waals surface area contributed by atoms with Gasteiger partial charge in [-0.15, -0.1) is 0 Å². The first-order valence-corrected chi connectivity index (χ1v) is 6.47. The standard InChI is InChI=1S/C15H18N2O/c1-12(18)13-5-4-7-15(11-13)17-10-3-2-6-14(17)8-9-16/h4-5,7,11,14H,2-3,6,8,10H2,1H3. The van der Waals surface area contributed by atoms with Gasteiger partial charge in [0.15, 0.2) is 5.78 Å². The molecule has 0 amide bonds. The van der Waals surface area contributed by atoms with Gasteiger partial charge < -0.3 is 4.90 Å². The number of hydrogen-bond donors (Lipinski definition) is 0. The zero-order valence-corrected chi connectivity index (χ0v) is 10.7. The second-order valence-electron chi connectivity index (χ2n) is 4.81. The predicted molar refractivity (Wildman–Crippen MR) is 71.7 cm³/mol. The number of ketones is 1. The molecule has 1 aromatic rings. The highest BCUT2D eigenvalue weighted by Gasteiger charge is 2.22. The van der Waals surface area contributed by atoms with E-state index in [2.05, 4.69) is 11.0 Å². The third kappa shape index (κ3) is 2.70. The van der Waals surface area contributed by atoms with Crippen LogP contribution in [0.2, 0.25) is 0 Å². The summed E-state index contributed by atoms with van der Waals surface area (Å²) in [6, 6.07) is 10.3. The van der Waals surface area contributed by atoms with Gasteiger partial charge in [0.05, 0.1) is 12.5 Å². The Bertz CT molecular complexity index is 476. The molecule has 1 saturated heterocycles. The Hall–Kier alpha value is -1.82. The van der Waals surface area contributed by atoms with Crippen LogP contribution in [0, 0.1) is 11.3 Å². The van der Waals surface area contributed by atoms with E-state index in [1.54, 1.807) is 6.92 Å². The SMILES string of the molecule is CC(=O)c1cccc(N2CCCCC2CC#N)c1. The second-order valence-corrected chi connectivity index (χ2v) is 4.81. The highest BCUT2D eigenvalue weighted by molar-refractivity contribution is 5.95. The monoisotopic (exact) mass is 242 g/mol. The molecule has 1 aliphatic rings. The third-order valence-corrected chi connectivity index (χ3v) is 3.54. The molecule has 94 valence electrons.